The Hall–Kier alpha value is -3.45. The zero-order valence-electron chi connectivity index (χ0n) is 20.1. The van der Waals surface area contributed by atoms with E-state index in [-0.39, 0.29) is 23.5 Å². The Bertz CT molecular complexity index is 925. The first-order valence-electron chi connectivity index (χ1n) is 10.6. The largest absolute Gasteiger partial charge is 0.462 e. The first-order chi connectivity index (χ1) is 15.6. The number of hydrogen-bond donors (Lipinski definition) is 0. The molecule has 1 rings (SSSR count). The highest BCUT2D eigenvalue weighted by molar-refractivity contribution is 5.92. The molecular formula is C26H33NO6. The Morgan fingerprint density at radius 2 is 1.58 bits per heavy atom. The highest BCUT2D eigenvalue weighted by Gasteiger charge is 2.15. The molecule has 0 saturated heterocycles. The lowest BCUT2D eigenvalue weighted by Gasteiger charge is -2.10. The Kier molecular flexibility index (Phi) is 12.2. The summed E-state index contributed by atoms with van der Waals surface area (Å²) >= 11 is 0. The fourth-order valence-corrected chi connectivity index (χ4v) is 2.31. The second-order valence-corrected chi connectivity index (χ2v) is 7.65. The number of allylic oxidation sites excluding steroid dienone is 1. The van der Waals surface area contributed by atoms with Crippen LogP contribution < -0.4 is 0 Å². The molecule has 178 valence electrons. The predicted molar refractivity (Wildman–Crippen MR) is 128 cm³/mol. The minimum absolute atomic E-state index is 0.0581. The van der Waals surface area contributed by atoms with Crippen LogP contribution >= 0.6 is 0 Å². The summed E-state index contributed by atoms with van der Waals surface area (Å²) in [4.78, 5) is 38.3. The Morgan fingerprint density at radius 3 is 2.18 bits per heavy atom. The van der Waals surface area contributed by atoms with Gasteiger partial charge < -0.3 is 19.1 Å². The van der Waals surface area contributed by atoms with Gasteiger partial charge in [-0.25, -0.2) is 14.4 Å². The lowest BCUT2D eigenvalue weighted by molar-refractivity contribution is -0.140. The maximum Gasteiger partial charge on any atom is 0.338 e. The average molecular weight is 456 g/mol. The second kappa shape index (κ2) is 14.6. The van der Waals surface area contributed by atoms with Crippen molar-refractivity contribution in [1.82, 2.24) is 4.90 Å². The number of hydrogen-bond acceptors (Lipinski definition) is 7. The summed E-state index contributed by atoms with van der Waals surface area (Å²) in [5, 5.41) is 0. The van der Waals surface area contributed by atoms with Crippen molar-refractivity contribution in [2.24, 2.45) is 0 Å². The van der Waals surface area contributed by atoms with Crippen LogP contribution in [0.1, 0.15) is 32.8 Å². The summed E-state index contributed by atoms with van der Waals surface area (Å²) in [6.07, 6.45) is 5.27. The van der Waals surface area contributed by atoms with Crippen LogP contribution in [0.25, 0.3) is 6.08 Å². The predicted octanol–water partition coefficient (Wildman–Crippen LogP) is 4.08. The SMILES string of the molecule is C=C(C)C(=O)OC(C=Cc1ccccc1)=C(C)C(=O)OCCC=C(C)C(=O)OCCN(C)C. The fourth-order valence-electron chi connectivity index (χ4n) is 2.31. The van der Waals surface area contributed by atoms with Gasteiger partial charge in [-0.1, -0.05) is 49.1 Å². The van der Waals surface area contributed by atoms with Gasteiger partial charge in [0.2, 0.25) is 0 Å². The average Bonchev–Trinajstić information content (AvgIpc) is 2.78. The molecule has 0 radical (unpaired) electrons. The number of likely N-dealkylation sites (N-methyl/N-ethyl adjacent to an activating group) is 1. The molecule has 0 aliphatic heterocycles. The van der Waals surface area contributed by atoms with E-state index in [1.165, 1.54) is 13.8 Å². The van der Waals surface area contributed by atoms with Crippen LogP contribution in [0.3, 0.4) is 0 Å². The molecule has 0 spiro atoms. The van der Waals surface area contributed by atoms with Gasteiger partial charge in [0.25, 0.3) is 0 Å². The monoisotopic (exact) mass is 455 g/mol. The molecule has 7 nitrogen and oxygen atoms in total. The summed E-state index contributed by atoms with van der Waals surface area (Å²) in [6.45, 7) is 9.25. The topological polar surface area (TPSA) is 82.1 Å². The third-order valence-electron chi connectivity index (χ3n) is 4.35. The van der Waals surface area contributed by atoms with E-state index in [0.29, 0.717) is 25.1 Å². The zero-order chi connectivity index (χ0) is 24.8. The third-order valence-corrected chi connectivity index (χ3v) is 4.35. The standard InChI is InChI=1S/C26H33NO6/c1-19(2)24(28)33-23(15-14-22-12-8-7-9-13-22)21(4)26(30)31-17-10-11-20(3)25(29)32-18-16-27(5)6/h7-9,11-15H,1,10,16-18H2,2-6H3. The van der Waals surface area contributed by atoms with E-state index in [1.54, 1.807) is 25.2 Å². The highest BCUT2D eigenvalue weighted by Crippen LogP contribution is 2.15. The number of carbonyl (C=O) groups is 3. The van der Waals surface area contributed by atoms with Crippen LogP contribution in [0, 0.1) is 0 Å². The van der Waals surface area contributed by atoms with Crippen LogP contribution in [-0.4, -0.2) is 56.7 Å². The van der Waals surface area contributed by atoms with Gasteiger partial charge >= 0.3 is 17.9 Å². The molecule has 0 aromatic heterocycles. The summed E-state index contributed by atoms with van der Waals surface area (Å²) in [6, 6.07) is 9.39. The van der Waals surface area contributed by atoms with Crippen LogP contribution in [0.2, 0.25) is 0 Å². The van der Waals surface area contributed by atoms with Crippen LogP contribution in [-0.2, 0) is 28.6 Å². The lowest BCUT2D eigenvalue weighted by atomic mass is 10.1. The van der Waals surface area contributed by atoms with Crippen LogP contribution in [0.4, 0.5) is 0 Å². The van der Waals surface area contributed by atoms with E-state index in [9.17, 15) is 14.4 Å². The molecule has 0 heterocycles. The minimum atomic E-state index is -0.638. The Balaban J connectivity index is 2.76. The van der Waals surface area contributed by atoms with Gasteiger partial charge in [0.1, 0.15) is 12.4 Å². The van der Waals surface area contributed by atoms with Crippen molar-refractivity contribution in [3.63, 3.8) is 0 Å². The maximum absolute atomic E-state index is 12.5. The van der Waals surface area contributed by atoms with Gasteiger partial charge in [-0.15, -0.1) is 0 Å². The van der Waals surface area contributed by atoms with E-state index in [4.69, 9.17) is 14.2 Å². The zero-order valence-corrected chi connectivity index (χ0v) is 20.1. The molecule has 1 aromatic carbocycles. The van der Waals surface area contributed by atoms with Crippen molar-refractivity contribution in [2.75, 3.05) is 33.9 Å². The number of esters is 3. The maximum atomic E-state index is 12.5. The van der Waals surface area contributed by atoms with Crippen molar-refractivity contribution in [3.8, 4) is 0 Å². The first kappa shape index (κ1) is 27.6. The van der Waals surface area contributed by atoms with E-state index < -0.39 is 17.9 Å². The van der Waals surface area contributed by atoms with Crippen molar-refractivity contribution in [3.05, 3.63) is 77.1 Å². The number of benzene rings is 1. The molecule has 0 N–H and O–H groups in total. The van der Waals surface area contributed by atoms with Gasteiger partial charge in [0.05, 0.1) is 12.2 Å². The van der Waals surface area contributed by atoms with Crippen molar-refractivity contribution in [2.45, 2.75) is 27.2 Å². The highest BCUT2D eigenvalue weighted by atomic mass is 16.5. The minimum Gasteiger partial charge on any atom is -0.462 e. The molecule has 0 unspecified atom stereocenters. The molecule has 0 fully saturated rings. The first-order valence-corrected chi connectivity index (χ1v) is 10.6. The summed E-state index contributed by atoms with van der Waals surface area (Å²) in [5.41, 5.74) is 1.67. The van der Waals surface area contributed by atoms with Crippen LogP contribution in [0.15, 0.2) is 71.5 Å². The van der Waals surface area contributed by atoms with Crippen molar-refractivity contribution in [1.29, 1.82) is 0 Å². The molecular weight excluding hydrogens is 422 g/mol. The fraction of sp³-hybridized carbons (Fsp3) is 0.346. The van der Waals surface area contributed by atoms with Gasteiger partial charge in [0, 0.05) is 24.1 Å². The quantitative estimate of drug-likeness (QED) is 0.117. The summed E-state index contributed by atoms with van der Waals surface area (Å²) in [7, 11) is 3.79. The number of ether oxygens (including phenoxy) is 3. The lowest BCUT2D eigenvalue weighted by Crippen LogP contribution is -2.20. The Morgan fingerprint density at radius 1 is 0.939 bits per heavy atom. The number of carbonyl (C=O) groups excluding carboxylic acids is 3. The van der Waals surface area contributed by atoms with Crippen molar-refractivity contribution >= 4 is 24.0 Å². The smallest absolute Gasteiger partial charge is 0.338 e. The molecule has 0 atom stereocenters. The van der Waals surface area contributed by atoms with Crippen LogP contribution in [0.5, 0.6) is 0 Å². The van der Waals surface area contributed by atoms with E-state index >= 15 is 0 Å². The molecule has 33 heavy (non-hydrogen) atoms. The third kappa shape index (κ3) is 11.1. The molecule has 0 saturated carbocycles. The second-order valence-electron chi connectivity index (χ2n) is 7.65. The summed E-state index contributed by atoms with van der Waals surface area (Å²) in [5.74, 6) is -1.59. The van der Waals surface area contributed by atoms with E-state index in [2.05, 4.69) is 6.58 Å². The number of nitrogens with zero attached hydrogens (tertiary/aromatic N) is 1. The molecule has 7 heteroatoms. The molecule has 0 bridgehead atoms. The molecule has 1 aromatic rings. The number of rotatable bonds is 12. The van der Waals surface area contributed by atoms with Gasteiger partial charge in [-0.05, 0) is 46.5 Å². The molecule has 0 aliphatic rings. The van der Waals surface area contributed by atoms with Gasteiger partial charge in [-0.2, -0.15) is 0 Å². The molecule has 0 aliphatic carbocycles. The van der Waals surface area contributed by atoms with Gasteiger partial charge in [0.15, 0.2) is 0 Å². The normalized spacial score (nSPS) is 12.4. The van der Waals surface area contributed by atoms with Crippen molar-refractivity contribution < 1.29 is 28.6 Å². The van der Waals surface area contributed by atoms with Gasteiger partial charge in [-0.3, -0.25) is 0 Å². The Labute approximate surface area is 196 Å². The summed E-state index contributed by atoms with van der Waals surface area (Å²) < 4.78 is 15.8. The molecule has 0 amide bonds. The van der Waals surface area contributed by atoms with E-state index in [1.807, 2.05) is 49.3 Å². The van der Waals surface area contributed by atoms with E-state index in [0.717, 1.165) is 5.56 Å².